The van der Waals surface area contributed by atoms with Gasteiger partial charge in [-0.1, -0.05) is 26.0 Å². The van der Waals surface area contributed by atoms with Gasteiger partial charge in [0.2, 0.25) is 11.8 Å². The highest BCUT2D eigenvalue weighted by Gasteiger charge is 2.27. The van der Waals surface area contributed by atoms with Crippen LogP contribution in [0.2, 0.25) is 0 Å². The number of carbonyl (C=O) groups excluding carboxylic acids is 2. The van der Waals surface area contributed by atoms with Crippen molar-refractivity contribution < 1.29 is 14.3 Å². The molecule has 5 nitrogen and oxygen atoms in total. The zero-order valence-electron chi connectivity index (χ0n) is 13.9. The van der Waals surface area contributed by atoms with Crippen molar-refractivity contribution >= 4 is 11.8 Å². The molecule has 1 rings (SSSR count). The summed E-state index contributed by atoms with van der Waals surface area (Å²) in [6, 6.07) is 7.12. The highest BCUT2D eigenvalue weighted by atomic mass is 16.5. The molecule has 1 aromatic rings. The van der Waals surface area contributed by atoms with Gasteiger partial charge in [-0.3, -0.25) is 9.59 Å². The summed E-state index contributed by atoms with van der Waals surface area (Å²) in [5.41, 5.74) is 0.950. The van der Waals surface area contributed by atoms with E-state index < -0.39 is 6.04 Å². The maximum atomic E-state index is 12.4. The summed E-state index contributed by atoms with van der Waals surface area (Å²) < 4.78 is 5.22. The number of ether oxygens (including phenoxy) is 1. The van der Waals surface area contributed by atoms with Crippen LogP contribution in [0.3, 0.4) is 0 Å². The minimum absolute atomic E-state index is 0.000713. The molecule has 5 heteroatoms. The highest BCUT2D eigenvalue weighted by molar-refractivity contribution is 5.87. The predicted molar refractivity (Wildman–Crippen MR) is 86.6 cm³/mol. The van der Waals surface area contributed by atoms with Crippen LogP contribution in [0.1, 0.15) is 38.7 Å². The maximum Gasteiger partial charge on any atom is 0.242 e. The third-order valence-corrected chi connectivity index (χ3v) is 3.58. The predicted octanol–water partition coefficient (Wildman–Crippen LogP) is 2.35. The topological polar surface area (TPSA) is 58.6 Å². The van der Waals surface area contributed by atoms with Gasteiger partial charge in [-0.05, 0) is 30.5 Å². The molecule has 1 atom stereocenters. The number of nitrogens with zero attached hydrogens (tertiary/aromatic N) is 1. The molecule has 122 valence electrons. The summed E-state index contributed by atoms with van der Waals surface area (Å²) in [5.74, 6) is 0.615. The first-order valence-corrected chi connectivity index (χ1v) is 7.71. The van der Waals surface area contributed by atoms with Gasteiger partial charge >= 0.3 is 0 Å². The molecule has 1 N–H and O–H groups in total. The van der Waals surface area contributed by atoms with E-state index >= 15 is 0 Å². The van der Waals surface area contributed by atoms with E-state index in [1.165, 1.54) is 0 Å². The number of methoxy groups -OCH3 is 1. The first kappa shape index (κ1) is 18.0. The molecule has 0 radical (unpaired) electrons. The first-order chi connectivity index (χ1) is 10.6. The van der Waals surface area contributed by atoms with E-state index in [0.717, 1.165) is 17.7 Å². The number of hydrogen-bond acceptors (Lipinski definition) is 3. The summed E-state index contributed by atoms with van der Waals surface area (Å²) in [4.78, 5) is 26.2. The number of hydrogen-bond donors (Lipinski definition) is 1. The van der Waals surface area contributed by atoms with Gasteiger partial charge in [0.25, 0.3) is 0 Å². The third kappa shape index (κ3) is 4.76. The molecule has 2 amide bonds. The van der Waals surface area contributed by atoms with E-state index in [1.54, 1.807) is 19.1 Å². The lowest BCUT2D eigenvalue weighted by Gasteiger charge is -2.30. The highest BCUT2D eigenvalue weighted by Crippen LogP contribution is 2.18. The smallest absolute Gasteiger partial charge is 0.242 e. The molecule has 0 heterocycles. The van der Waals surface area contributed by atoms with Crippen molar-refractivity contribution in [2.45, 2.75) is 45.7 Å². The Morgan fingerprint density at radius 2 is 2.05 bits per heavy atom. The zero-order chi connectivity index (χ0) is 16.5. The summed E-state index contributed by atoms with van der Waals surface area (Å²) >= 11 is 0. The van der Waals surface area contributed by atoms with E-state index in [4.69, 9.17) is 4.74 Å². The number of benzene rings is 1. The Kier molecular flexibility index (Phi) is 7.43. The van der Waals surface area contributed by atoms with Crippen molar-refractivity contribution in [3.63, 3.8) is 0 Å². The molecule has 0 saturated carbocycles. The van der Waals surface area contributed by atoms with Gasteiger partial charge in [0, 0.05) is 20.0 Å². The Morgan fingerprint density at radius 3 is 2.59 bits per heavy atom. The van der Waals surface area contributed by atoms with Crippen molar-refractivity contribution in [1.82, 2.24) is 10.2 Å². The first-order valence-electron chi connectivity index (χ1n) is 7.71. The van der Waals surface area contributed by atoms with Gasteiger partial charge < -0.3 is 15.0 Å². The summed E-state index contributed by atoms with van der Waals surface area (Å²) in [7, 11) is 3.21. The molecule has 0 spiro atoms. The third-order valence-electron chi connectivity index (χ3n) is 3.58. The molecule has 0 saturated heterocycles. The van der Waals surface area contributed by atoms with Crippen LogP contribution >= 0.6 is 0 Å². The van der Waals surface area contributed by atoms with E-state index in [1.807, 2.05) is 38.1 Å². The van der Waals surface area contributed by atoms with Crippen molar-refractivity contribution in [3.8, 4) is 5.75 Å². The molecule has 0 aliphatic carbocycles. The van der Waals surface area contributed by atoms with Gasteiger partial charge in [0.15, 0.2) is 0 Å². The fourth-order valence-electron chi connectivity index (χ4n) is 2.41. The van der Waals surface area contributed by atoms with Crippen molar-refractivity contribution in [2.24, 2.45) is 0 Å². The van der Waals surface area contributed by atoms with Gasteiger partial charge in [-0.15, -0.1) is 0 Å². The number of likely N-dealkylation sites (N-methyl/N-ethyl adjacent to an activating group) is 1. The molecule has 0 fully saturated rings. The molecule has 1 aromatic carbocycles. The minimum Gasteiger partial charge on any atom is -0.497 e. The van der Waals surface area contributed by atoms with Crippen LogP contribution < -0.4 is 10.1 Å². The van der Waals surface area contributed by atoms with E-state index in [0.29, 0.717) is 19.4 Å². The van der Waals surface area contributed by atoms with Crippen molar-refractivity contribution in [1.29, 1.82) is 0 Å². The maximum absolute atomic E-state index is 12.4. The normalized spacial score (nSPS) is 11.6. The molecule has 1 unspecified atom stereocenters. The number of amides is 2. The van der Waals surface area contributed by atoms with Crippen LogP contribution in [0.15, 0.2) is 24.3 Å². The number of rotatable bonds is 8. The molecule has 0 bridgehead atoms. The molecule has 0 aliphatic rings. The Bertz CT molecular complexity index is 502. The lowest BCUT2D eigenvalue weighted by Crippen LogP contribution is -2.48. The van der Waals surface area contributed by atoms with Crippen LogP contribution in [-0.2, 0) is 16.1 Å². The quantitative estimate of drug-likeness (QED) is 0.802. The van der Waals surface area contributed by atoms with Gasteiger partial charge in [-0.2, -0.15) is 0 Å². The second-order valence-corrected chi connectivity index (χ2v) is 5.16. The van der Waals surface area contributed by atoms with Crippen LogP contribution in [-0.4, -0.2) is 36.9 Å². The Labute approximate surface area is 132 Å². The lowest BCUT2D eigenvalue weighted by molar-refractivity contribution is -0.141. The van der Waals surface area contributed by atoms with Gasteiger partial charge in [0.05, 0.1) is 7.11 Å². The Morgan fingerprint density at radius 1 is 1.32 bits per heavy atom. The molecular weight excluding hydrogens is 280 g/mol. The van der Waals surface area contributed by atoms with Gasteiger partial charge in [-0.25, -0.2) is 0 Å². The minimum atomic E-state index is -0.449. The average molecular weight is 306 g/mol. The van der Waals surface area contributed by atoms with Crippen molar-refractivity contribution in [2.75, 3.05) is 14.2 Å². The monoisotopic (exact) mass is 306 g/mol. The van der Waals surface area contributed by atoms with E-state index in [2.05, 4.69) is 5.32 Å². The van der Waals surface area contributed by atoms with E-state index in [-0.39, 0.29) is 11.8 Å². The fraction of sp³-hybridized carbons (Fsp3) is 0.529. The standard InChI is InChI=1S/C17H26N2O3/c1-5-8-16(20)19(15(6-2)17(21)18-3)12-13-9-7-10-14(11-13)22-4/h7,9-11,15H,5-6,8,12H2,1-4H3,(H,18,21). The molecular formula is C17H26N2O3. The van der Waals surface area contributed by atoms with Crippen LogP contribution in [0, 0.1) is 0 Å². The summed E-state index contributed by atoms with van der Waals surface area (Å²) in [6.07, 6.45) is 1.79. The Hall–Kier alpha value is -2.04. The molecule has 0 aromatic heterocycles. The zero-order valence-corrected chi connectivity index (χ0v) is 13.9. The Balaban J connectivity index is 3.03. The number of carbonyl (C=O) groups is 2. The second kappa shape index (κ2) is 9.07. The SMILES string of the molecule is CCCC(=O)N(Cc1cccc(OC)c1)C(CC)C(=O)NC. The van der Waals surface area contributed by atoms with Crippen LogP contribution in [0.4, 0.5) is 0 Å². The molecule has 0 aliphatic heterocycles. The summed E-state index contributed by atoms with van der Waals surface area (Å²) in [5, 5.41) is 2.64. The van der Waals surface area contributed by atoms with Crippen LogP contribution in [0.5, 0.6) is 5.75 Å². The largest absolute Gasteiger partial charge is 0.497 e. The second-order valence-electron chi connectivity index (χ2n) is 5.16. The van der Waals surface area contributed by atoms with Crippen LogP contribution in [0.25, 0.3) is 0 Å². The average Bonchev–Trinajstić information content (AvgIpc) is 2.54. The lowest BCUT2D eigenvalue weighted by atomic mass is 10.1. The van der Waals surface area contributed by atoms with E-state index in [9.17, 15) is 9.59 Å². The fourth-order valence-corrected chi connectivity index (χ4v) is 2.41. The van der Waals surface area contributed by atoms with Gasteiger partial charge in [0.1, 0.15) is 11.8 Å². The number of nitrogens with one attached hydrogen (secondary N) is 1. The summed E-state index contributed by atoms with van der Waals surface area (Å²) in [6.45, 7) is 4.28. The molecule has 22 heavy (non-hydrogen) atoms. The van der Waals surface area contributed by atoms with Crippen molar-refractivity contribution in [3.05, 3.63) is 29.8 Å².